The number of rotatable bonds is 5. The molecule has 5 nitrogen and oxygen atoms in total. The number of thioether (sulfide) groups is 1. The van der Waals surface area contributed by atoms with E-state index < -0.39 is 0 Å². The number of hydrogen-bond donors (Lipinski definition) is 1. The minimum atomic E-state index is -0.0736. The molecule has 0 fully saturated rings. The van der Waals surface area contributed by atoms with Crippen molar-refractivity contribution in [3.63, 3.8) is 0 Å². The van der Waals surface area contributed by atoms with E-state index >= 15 is 0 Å². The number of benzene rings is 3. The van der Waals surface area contributed by atoms with Crippen molar-refractivity contribution >= 4 is 23.4 Å². The molecule has 0 saturated heterocycles. The van der Waals surface area contributed by atoms with Gasteiger partial charge in [0.05, 0.1) is 11.3 Å². The predicted molar refractivity (Wildman–Crippen MR) is 142 cm³/mol. The summed E-state index contributed by atoms with van der Waals surface area (Å²) < 4.78 is 6.22. The van der Waals surface area contributed by atoms with Gasteiger partial charge in [-0.2, -0.15) is 4.98 Å². The standard InChI is InChI=1S/C29H27N3O2S/c1-17-5-9-21(10-6-17)27-31-28-24(15-22-13-18(2)7-12-25(22)34-28)29(32-27)35-16-26(33)30-23-11-8-19(3)20(4)14-23/h5-14H,15-16H2,1-4H3,(H,30,33). The number of ether oxygens (including phenoxy) is 1. The minimum absolute atomic E-state index is 0.0736. The van der Waals surface area contributed by atoms with E-state index in [4.69, 9.17) is 14.7 Å². The summed E-state index contributed by atoms with van der Waals surface area (Å²) in [6.45, 7) is 8.22. The smallest absolute Gasteiger partial charge is 0.234 e. The lowest BCUT2D eigenvalue weighted by atomic mass is 10.0. The second-order valence-corrected chi connectivity index (χ2v) is 9.99. The van der Waals surface area contributed by atoms with E-state index in [0.29, 0.717) is 18.1 Å². The van der Waals surface area contributed by atoms with Crippen LogP contribution in [-0.4, -0.2) is 21.6 Å². The Labute approximate surface area is 210 Å². The van der Waals surface area contributed by atoms with Gasteiger partial charge in [0.25, 0.3) is 0 Å². The fraction of sp³-hybridized carbons (Fsp3) is 0.207. The number of aryl methyl sites for hydroxylation is 4. The van der Waals surface area contributed by atoms with Gasteiger partial charge in [-0.25, -0.2) is 4.98 Å². The van der Waals surface area contributed by atoms with E-state index in [0.717, 1.165) is 38.7 Å². The van der Waals surface area contributed by atoms with Gasteiger partial charge in [0.1, 0.15) is 10.8 Å². The molecule has 0 aliphatic carbocycles. The molecular weight excluding hydrogens is 454 g/mol. The zero-order valence-electron chi connectivity index (χ0n) is 20.3. The number of carbonyl (C=O) groups excluding carboxylic acids is 1. The van der Waals surface area contributed by atoms with Crippen molar-refractivity contribution in [3.05, 3.63) is 94.0 Å². The van der Waals surface area contributed by atoms with Gasteiger partial charge in [-0.1, -0.05) is 65.4 Å². The van der Waals surface area contributed by atoms with Crippen LogP contribution in [0, 0.1) is 27.7 Å². The molecule has 6 heteroatoms. The Morgan fingerprint density at radius 2 is 1.69 bits per heavy atom. The van der Waals surface area contributed by atoms with Crippen LogP contribution in [0.25, 0.3) is 11.4 Å². The molecular formula is C29H27N3O2S. The molecule has 1 aromatic heterocycles. The van der Waals surface area contributed by atoms with E-state index in [2.05, 4.69) is 32.2 Å². The number of anilines is 1. The number of aromatic nitrogens is 2. The van der Waals surface area contributed by atoms with Crippen molar-refractivity contribution in [1.82, 2.24) is 9.97 Å². The van der Waals surface area contributed by atoms with E-state index in [1.54, 1.807) is 0 Å². The van der Waals surface area contributed by atoms with Crippen LogP contribution in [0.15, 0.2) is 65.7 Å². The fourth-order valence-corrected chi connectivity index (χ4v) is 4.85. The lowest BCUT2D eigenvalue weighted by molar-refractivity contribution is -0.113. The molecule has 0 radical (unpaired) electrons. The Kier molecular flexibility index (Phi) is 6.31. The average molecular weight is 482 g/mol. The van der Waals surface area contributed by atoms with Gasteiger partial charge in [0.2, 0.25) is 11.8 Å². The monoisotopic (exact) mass is 481 g/mol. The molecule has 2 heterocycles. The molecule has 4 aromatic rings. The number of fused-ring (bicyclic) bond motifs is 2. The van der Waals surface area contributed by atoms with Crippen LogP contribution in [0.1, 0.15) is 33.4 Å². The SMILES string of the molecule is Cc1ccc(-c2nc3c(c(SCC(=O)Nc4ccc(C)c(C)c4)n2)Cc2cc(C)ccc2O3)cc1. The number of amides is 1. The first-order valence-electron chi connectivity index (χ1n) is 11.6. The largest absolute Gasteiger partial charge is 0.438 e. The summed E-state index contributed by atoms with van der Waals surface area (Å²) in [6, 6.07) is 20.2. The minimum Gasteiger partial charge on any atom is -0.438 e. The Hall–Kier alpha value is -3.64. The molecule has 0 spiro atoms. The van der Waals surface area contributed by atoms with E-state index in [9.17, 15) is 4.79 Å². The average Bonchev–Trinajstić information content (AvgIpc) is 2.84. The molecule has 3 aromatic carbocycles. The van der Waals surface area contributed by atoms with Crippen LogP contribution < -0.4 is 10.1 Å². The number of nitrogens with one attached hydrogen (secondary N) is 1. The van der Waals surface area contributed by atoms with Crippen LogP contribution in [0.3, 0.4) is 0 Å². The Morgan fingerprint density at radius 1 is 0.914 bits per heavy atom. The summed E-state index contributed by atoms with van der Waals surface area (Å²) in [5.41, 5.74) is 8.43. The topological polar surface area (TPSA) is 64.1 Å². The summed E-state index contributed by atoms with van der Waals surface area (Å²) >= 11 is 1.42. The van der Waals surface area contributed by atoms with Crippen LogP contribution >= 0.6 is 11.8 Å². The highest BCUT2D eigenvalue weighted by Crippen LogP contribution is 2.40. The third-order valence-electron chi connectivity index (χ3n) is 6.16. The highest BCUT2D eigenvalue weighted by Gasteiger charge is 2.25. The van der Waals surface area contributed by atoms with Gasteiger partial charge in [-0.3, -0.25) is 4.79 Å². The Balaban J connectivity index is 1.44. The number of carbonyl (C=O) groups is 1. The molecule has 1 aliphatic rings. The summed E-state index contributed by atoms with van der Waals surface area (Å²) in [5.74, 6) is 2.14. The molecule has 35 heavy (non-hydrogen) atoms. The number of hydrogen-bond acceptors (Lipinski definition) is 5. The van der Waals surface area contributed by atoms with Crippen LogP contribution in [0.4, 0.5) is 5.69 Å². The predicted octanol–water partition coefficient (Wildman–Crippen LogP) is 6.80. The molecule has 1 N–H and O–H groups in total. The third-order valence-corrected chi connectivity index (χ3v) is 7.18. The maximum atomic E-state index is 12.8. The summed E-state index contributed by atoms with van der Waals surface area (Å²) in [6.07, 6.45) is 0.668. The molecule has 1 aliphatic heterocycles. The summed E-state index contributed by atoms with van der Waals surface area (Å²) in [4.78, 5) is 22.4. The van der Waals surface area contributed by atoms with Gasteiger partial charge >= 0.3 is 0 Å². The quantitative estimate of drug-likeness (QED) is 0.221. The van der Waals surface area contributed by atoms with E-state index in [1.165, 1.54) is 28.5 Å². The fourth-order valence-electron chi connectivity index (χ4n) is 4.02. The molecule has 1 amide bonds. The van der Waals surface area contributed by atoms with Gasteiger partial charge in [-0.15, -0.1) is 0 Å². The van der Waals surface area contributed by atoms with Crippen LogP contribution in [0.5, 0.6) is 11.6 Å². The molecule has 176 valence electrons. The first-order valence-corrected chi connectivity index (χ1v) is 12.6. The lowest BCUT2D eigenvalue weighted by Crippen LogP contribution is -2.15. The summed E-state index contributed by atoms with van der Waals surface area (Å²) in [5, 5.41) is 3.77. The van der Waals surface area contributed by atoms with Gasteiger partial charge in [0.15, 0.2) is 5.82 Å². The van der Waals surface area contributed by atoms with E-state index in [1.807, 2.05) is 61.5 Å². The third kappa shape index (κ3) is 5.08. The number of nitrogens with zero attached hydrogens (tertiary/aromatic N) is 2. The molecule has 0 bridgehead atoms. The summed E-state index contributed by atoms with van der Waals surface area (Å²) in [7, 11) is 0. The first-order chi connectivity index (χ1) is 16.9. The Morgan fingerprint density at radius 3 is 2.46 bits per heavy atom. The lowest BCUT2D eigenvalue weighted by Gasteiger charge is -2.22. The maximum absolute atomic E-state index is 12.8. The van der Waals surface area contributed by atoms with Gasteiger partial charge in [0, 0.05) is 17.7 Å². The maximum Gasteiger partial charge on any atom is 0.234 e. The first kappa shape index (κ1) is 23.1. The van der Waals surface area contributed by atoms with Crippen molar-refractivity contribution in [3.8, 4) is 23.0 Å². The van der Waals surface area contributed by atoms with Crippen molar-refractivity contribution in [2.24, 2.45) is 0 Å². The second-order valence-electron chi connectivity index (χ2n) is 9.03. The van der Waals surface area contributed by atoms with Gasteiger partial charge in [-0.05, 0) is 62.6 Å². The molecule has 0 atom stereocenters. The van der Waals surface area contributed by atoms with Crippen molar-refractivity contribution in [1.29, 1.82) is 0 Å². The van der Waals surface area contributed by atoms with Crippen molar-refractivity contribution in [2.45, 2.75) is 39.1 Å². The van der Waals surface area contributed by atoms with Crippen molar-refractivity contribution in [2.75, 3.05) is 11.1 Å². The zero-order valence-corrected chi connectivity index (χ0v) is 21.1. The highest BCUT2D eigenvalue weighted by atomic mass is 32.2. The molecule has 0 unspecified atom stereocenters. The molecule has 5 rings (SSSR count). The highest BCUT2D eigenvalue weighted by molar-refractivity contribution is 8.00. The van der Waals surface area contributed by atoms with Crippen molar-refractivity contribution < 1.29 is 9.53 Å². The van der Waals surface area contributed by atoms with E-state index in [-0.39, 0.29) is 11.7 Å². The van der Waals surface area contributed by atoms with Gasteiger partial charge < -0.3 is 10.1 Å². The molecule has 0 saturated carbocycles. The normalized spacial score (nSPS) is 11.9. The van der Waals surface area contributed by atoms with Crippen LogP contribution in [0.2, 0.25) is 0 Å². The second kappa shape index (κ2) is 9.55. The Bertz CT molecular complexity index is 1430. The zero-order chi connectivity index (χ0) is 24.5. The van der Waals surface area contributed by atoms with Crippen LogP contribution in [-0.2, 0) is 11.2 Å².